The van der Waals surface area contributed by atoms with Crippen molar-refractivity contribution >= 4 is 17.7 Å². The molecule has 4 heteroatoms. The molecule has 1 amide bonds. The molecule has 11 heavy (non-hydrogen) atoms. The Bertz CT molecular complexity index is 119. The number of carbonyl (C=O) groups is 1. The Labute approximate surface area is 72.3 Å². The Morgan fingerprint density at radius 1 is 1.64 bits per heavy atom. The maximum Gasteiger partial charge on any atom is 0.232 e. The number of hydrogen-bond donors (Lipinski definition) is 1. The van der Waals surface area contributed by atoms with Crippen LogP contribution in [-0.2, 0) is 4.79 Å². The summed E-state index contributed by atoms with van der Waals surface area (Å²) >= 11 is 1.64. The van der Waals surface area contributed by atoms with Gasteiger partial charge in [0.25, 0.3) is 0 Å². The van der Waals surface area contributed by atoms with Gasteiger partial charge in [-0.15, -0.1) is 0 Å². The minimum atomic E-state index is 0.169. The third-order valence-corrected chi connectivity index (χ3v) is 2.18. The first-order valence-corrected chi connectivity index (χ1v) is 4.89. The molecule has 0 saturated heterocycles. The SMILES string of the molecule is CCSCC(=O)N(C)CCN. The van der Waals surface area contributed by atoms with E-state index in [0.717, 1.165) is 5.75 Å². The number of likely N-dealkylation sites (N-methyl/N-ethyl adjacent to an activating group) is 1. The zero-order chi connectivity index (χ0) is 8.69. The number of rotatable bonds is 5. The van der Waals surface area contributed by atoms with E-state index in [4.69, 9.17) is 5.73 Å². The van der Waals surface area contributed by atoms with Crippen LogP contribution in [0.2, 0.25) is 0 Å². The first-order chi connectivity index (χ1) is 5.22. The van der Waals surface area contributed by atoms with E-state index in [1.807, 2.05) is 6.92 Å². The van der Waals surface area contributed by atoms with Crippen LogP contribution >= 0.6 is 11.8 Å². The van der Waals surface area contributed by atoms with Gasteiger partial charge in [0, 0.05) is 20.1 Å². The van der Waals surface area contributed by atoms with Crippen molar-refractivity contribution in [3.63, 3.8) is 0 Å². The molecule has 0 aromatic rings. The highest BCUT2D eigenvalue weighted by Gasteiger charge is 2.05. The summed E-state index contributed by atoms with van der Waals surface area (Å²) in [6, 6.07) is 0. The van der Waals surface area contributed by atoms with Gasteiger partial charge in [0.2, 0.25) is 5.91 Å². The van der Waals surface area contributed by atoms with E-state index >= 15 is 0 Å². The summed E-state index contributed by atoms with van der Waals surface area (Å²) in [6.07, 6.45) is 0. The number of nitrogens with two attached hydrogens (primary N) is 1. The van der Waals surface area contributed by atoms with Crippen molar-refractivity contribution in [1.82, 2.24) is 4.90 Å². The predicted octanol–water partition coefficient (Wildman–Crippen LogP) is 0.157. The molecule has 0 aromatic carbocycles. The summed E-state index contributed by atoms with van der Waals surface area (Å²) in [7, 11) is 1.78. The van der Waals surface area contributed by atoms with Gasteiger partial charge in [0.1, 0.15) is 0 Å². The molecule has 0 bridgehead atoms. The lowest BCUT2D eigenvalue weighted by Gasteiger charge is -2.14. The maximum atomic E-state index is 11.1. The monoisotopic (exact) mass is 176 g/mol. The van der Waals surface area contributed by atoms with Crippen LogP contribution in [0.1, 0.15) is 6.92 Å². The lowest BCUT2D eigenvalue weighted by molar-refractivity contribution is -0.126. The number of nitrogens with zero attached hydrogens (tertiary/aromatic N) is 1. The van der Waals surface area contributed by atoms with Gasteiger partial charge in [-0.05, 0) is 5.75 Å². The highest BCUT2D eigenvalue weighted by molar-refractivity contribution is 7.99. The van der Waals surface area contributed by atoms with Crippen LogP contribution < -0.4 is 5.73 Å². The molecule has 0 rings (SSSR count). The van der Waals surface area contributed by atoms with Crippen LogP contribution in [0.3, 0.4) is 0 Å². The van der Waals surface area contributed by atoms with Crippen LogP contribution in [0, 0.1) is 0 Å². The average Bonchev–Trinajstić information content (AvgIpc) is 2.00. The molecule has 0 spiro atoms. The zero-order valence-corrected chi connectivity index (χ0v) is 7.99. The van der Waals surface area contributed by atoms with E-state index in [-0.39, 0.29) is 5.91 Å². The van der Waals surface area contributed by atoms with E-state index < -0.39 is 0 Å². The molecule has 0 aliphatic carbocycles. The van der Waals surface area contributed by atoms with Gasteiger partial charge in [-0.25, -0.2) is 0 Å². The van der Waals surface area contributed by atoms with E-state index in [0.29, 0.717) is 18.8 Å². The van der Waals surface area contributed by atoms with Crippen LogP contribution in [0.5, 0.6) is 0 Å². The molecular weight excluding hydrogens is 160 g/mol. The van der Waals surface area contributed by atoms with Crippen molar-refractivity contribution in [3.8, 4) is 0 Å². The molecule has 3 nitrogen and oxygen atoms in total. The molecule has 0 aromatic heterocycles. The summed E-state index contributed by atoms with van der Waals surface area (Å²) in [5.74, 6) is 1.73. The second-order valence-electron chi connectivity index (χ2n) is 2.24. The topological polar surface area (TPSA) is 46.3 Å². The Hall–Kier alpha value is -0.220. The summed E-state index contributed by atoms with van der Waals surface area (Å²) in [5.41, 5.74) is 5.30. The van der Waals surface area contributed by atoms with Crippen molar-refractivity contribution < 1.29 is 4.79 Å². The maximum absolute atomic E-state index is 11.1. The van der Waals surface area contributed by atoms with Gasteiger partial charge >= 0.3 is 0 Å². The van der Waals surface area contributed by atoms with Gasteiger partial charge in [-0.1, -0.05) is 6.92 Å². The van der Waals surface area contributed by atoms with Gasteiger partial charge in [-0.3, -0.25) is 4.79 Å². The largest absolute Gasteiger partial charge is 0.344 e. The molecule has 0 saturated carbocycles. The highest BCUT2D eigenvalue weighted by atomic mass is 32.2. The third-order valence-electron chi connectivity index (χ3n) is 1.32. The summed E-state index contributed by atoms with van der Waals surface area (Å²) in [4.78, 5) is 12.8. The van der Waals surface area contributed by atoms with Crippen molar-refractivity contribution in [2.45, 2.75) is 6.92 Å². The van der Waals surface area contributed by atoms with Crippen molar-refractivity contribution in [1.29, 1.82) is 0 Å². The fraction of sp³-hybridized carbons (Fsp3) is 0.857. The molecule has 0 aliphatic rings. The fourth-order valence-electron chi connectivity index (χ4n) is 0.618. The first-order valence-electron chi connectivity index (χ1n) is 3.74. The molecule has 0 atom stereocenters. The number of carbonyl (C=O) groups excluding carboxylic acids is 1. The Kier molecular flexibility index (Phi) is 6.36. The molecule has 0 fully saturated rings. The van der Waals surface area contributed by atoms with E-state index in [1.165, 1.54) is 0 Å². The number of amides is 1. The summed E-state index contributed by atoms with van der Waals surface area (Å²) in [5, 5.41) is 0. The van der Waals surface area contributed by atoms with Crippen LogP contribution in [0.4, 0.5) is 0 Å². The van der Waals surface area contributed by atoms with Crippen molar-refractivity contribution in [2.75, 3.05) is 31.6 Å². The fourth-order valence-corrected chi connectivity index (χ4v) is 1.22. The average molecular weight is 176 g/mol. The second-order valence-corrected chi connectivity index (χ2v) is 3.52. The predicted molar refractivity (Wildman–Crippen MR) is 49.7 cm³/mol. The summed E-state index contributed by atoms with van der Waals surface area (Å²) in [6.45, 7) is 3.24. The molecule has 0 heterocycles. The van der Waals surface area contributed by atoms with Gasteiger partial charge < -0.3 is 10.6 Å². The second kappa shape index (κ2) is 6.49. The zero-order valence-electron chi connectivity index (χ0n) is 7.17. The van der Waals surface area contributed by atoms with Gasteiger partial charge in [0.05, 0.1) is 5.75 Å². The van der Waals surface area contributed by atoms with E-state index in [2.05, 4.69) is 0 Å². The van der Waals surface area contributed by atoms with Crippen LogP contribution in [0.25, 0.3) is 0 Å². The quantitative estimate of drug-likeness (QED) is 0.649. The molecule has 2 N–H and O–H groups in total. The lowest BCUT2D eigenvalue weighted by atomic mass is 10.5. The van der Waals surface area contributed by atoms with Crippen molar-refractivity contribution in [2.24, 2.45) is 5.73 Å². The molecule has 66 valence electrons. The van der Waals surface area contributed by atoms with Crippen LogP contribution in [0.15, 0.2) is 0 Å². The lowest BCUT2D eigenvalue weighted by Crippen LogP contribution is -2.32. The molecule has 0 radical (unpaired) electrons. The Morgan fingerprint density at radius 2 is 2.27 bits per heavy atom. The first kappa shape index (κ1) is 10.8. The molecular formula is C7H16N2OS. The normalized spacial score (nSPS) is 9.73. The minimum absolute atomic E-state index is 0.169. The number of thioether (sulfide) groups is 1. The standard InChI is InChI=1S/C7H16N2OS/c1-3-11-6-7(10)9(2)5-4-8/h3-6,8H2,1-2H3. The minimum Gasteiger partial charge on any atom is -0.344 e. The Balaban J connectivity index is 3.47. The number of hydrogen-bond acceptors (Lipinski definition) is 3. The molecule has 0 aliphatic heterocycles. The van der Waals surface area contributed by atoms with Gasteiger partial charge in [0.15, 0.2) is 0 Å². The van der Waals surface area contributed by atoms with Crippen molar-refractivity contribution in [3.05, 3.63) is 0 Å². The highest BCUT2D eigenvalue weighted by Crippen LogP contribution is 1.99. The third kappa shape index (κ3) is 5.09. The smallest absolute Gasteiger partial charge is 0.232 e. The Morgan fingerprint density at radius 3 is 2.73 bits per heavy atom. The molecule has 0 unspecified atom stereocenters. The van der Waals surface area contributed by atoms with E-state index in [9.17, 15) is 4.79 Å². The van der Waals surface area contributed by atoms with E-state index in [1.54, 1.807) is 23.7 Å². The summed E-state index contributed by atoms with van der Waals surface area (Å²) < 4.78 is 0. The van der Waals surface area contributed by atoms with Gasteiger partial charge in [-0.2, -0.15) is 11.8 Å². The van der Waals surface area contributed by atoms with Crippen LogP contribution in [-0.4, -0.2) is 42.4 Å².